The SMILES string of the molecule is O=C(O)C1CCC1c1cccc(C2CCC2)c1. The van der Waals surface area contributed by atoms with E-state index in [1.165, 1.54) is 30.4 Å². The summed E-state index contributed by atoms with van der Waals surface area (Å²) in [5.74, 6) is 0.216. The van der Waals surface area contributed by atoms with Crippen molar-refractivity contribution in [2.75, 3.05) is 0 Å². The van der Waals surface area contributed by atoms with E-state index in [1.807, 2.05) is 0 Å². The summed E-state index contributed by atoms with van der Waals surface area (Å²) in [6.07, 6.45) is 5.82. The van der Waals surface area contributed by atoms with Gasteiger partial charge in [-0.3, -0.25) is 4.79 Å². The predicted octanol–water partition coefficient (Wildman–Crippen LogP) is 3.53. The third-order valence-electron chi connectivity index (χ3n) is 4.51. The smallest absolute Gasteiger partial charge is 0.307 e. The minimum atomic E-state index is -0.629. The fourth-order valence-corrected chi connectivity index (χ4v) is 2.98. The van der Waals surface area contributed by atoms with Crippen LogP contribution in [0, 0.1) is 5.92 Å². The third kappa shape index (κ3) is 1.86. The molecule has 2 heteroatoms. The average molecular weight is 230 g/mol. The van der Waals surface area contributed by atoms with Crippen molar-refractivity contribution in [2.24, 2.45) is 5.92 Å². The Morgan fingerprint density at radius 3 is 2.41 bits per heavy atom. The maximum absolute atomic E-state index is 11.1. The quantitative estimate of drug-likeness (QED) is 0.862. The maximum atomic E-state index is 11.1. The fraction of sp³-hybridized carbons (Fsp3) is 0.533. The van der Waals surface area contributed by atoms with Crippen molar-refractivity contribution >= 4 is 5.97 Å². The lowest BCUT2D eigenvalue weighted by Gasteiger charge is -2.34. The number of carboxylic acid groups (broad SMARTS) is 1. The largest absolute Gasteiger partial charge is 0.481 e. The Kier molecular flexibility index (Phi) is 2.65. The van der Waals surface area contributed by atoms with Crippen LogP contribution in [0.1, 0.15) is 55.1 Å². The van der Waals surface area contributed by atoms with Gasteiger partial charge in [-0.15, -0.1) is 0 Å². The molecule has 2 unspecified atom stereocenters. The maximum Gasteiger partial charge on any atom is 0.307 e. The zero-order valence-corrected chi connectivity index (χ0v) is 9.93. The summed E-state index contributed by atoms with van der Waals surface area (Å²) in [6.45, 7) is 0. The molecule has 1 aromatic carbocycles. The highest BCUT2D eigenvalue weighted by molar-refractivity contribution is 5.72. The Balaban J connectivity index is 1.80. The molecule has 2 saturated carbocycles. The van der Waals surface area contributed by atoms with Gasteiger partial charge in [0.05, 0.1) is 5.92 Å². The first-order chi connectivity index (χ1) is 8.25. The zero-order valence-electron chi connectivity index (χ0n) is 9.93. The second kappa shape index (κ2) is 4.17. The Labute approximate surface area is 102 Å². The van der Waals surface area contributed by atoms with Crippen LogP contribution in [-0.2, 0) is 4.79 Å². The number of hydrogen-bond acceptors (Lipinski definition) is 1. The van der Waals surface area contributed by atoms with Gasteiger partial charge in [-0.1, -0.05) is 30.7 Å². The molecular weight excluding hydrogens is 212 g/mol. The Bertz CT molecular complexity index is 434. The van der Waals surface area contributed by atoms with Gasteiger partial charge in [-0.25, -0.2) is 0 Å². The predicted molar refractivity (Wildman–Crippen MR) is 66.1 cm³/mol. The van der Waals surface area contributed by atoms with Crippen molar-refractivity contribution in [1.29, 1.82) is 0 Å². The van der Waals surface area contributed by atoms with E-state index in [-0.39, 0.29) is 11.8 Å². The highest BCUT2D eigenvalue weighted by atomic mass is 16.4. The molecule has 2 nitrogen and oxygen atoms in total. The van der Waals surface area contributed by atoms with E-state index >= 15 is 0 Å². The molecule has 2 atom stereocenters. The summed E-state index contributed by atoms with van der Waals surface area (Å²) in [7, 11) is 0. The molecule has 17 heavy (non-hydrogen) atoms. The summed E-state index contributed by atoms with van der Waals surface area (Å²) in [5.41, 5.74) is 2.66. The third-order valence-corrected chi connectivity index (χ3v) is 4.51. The lowest BCUT2D eigenvalue weighted by Crippen LogP contribution is -2.31. The molecule has 0 radical (unpaired) electrons. The lowest BCUT2D eigenvalue weighted by atomic mass is 9.69. The van der Waals surface area contributed by atoms with E-state index in [1.54, 1.807) is 0 Å². The van der Waals surface area contributed by atoms with Crippen LogP contribution in [0.5, 0.6) is 0 Å². The average Bonchev–Trinajstić information content (AvgIpc) is 2.12. The van der Waals surface area contributed by atoms with Crippen LogP contribution in [0.3, 0.4) is 0 Å². The normalized spacial score (nSPS) is 28.2. The van der Waals surface area contributed by atoms with Crippen molar-refractivity contribution in [1.82, 2.24) is 0 Å². The molecule has 0 spiro atoms. The topological polar surface area (TPSA) is 37.3 Å². The van der Waals surface area contributed by atoms with Gasteiger partial charge in [0.1, 0.15) is 0 Å². The van der Waals surface area contributed by atoms with Gasteiger partial charge in [0.15, 0.2) is 0 Å². The molecule has 3 rings (SSSR count). The minimum absolute atomic E-state index is 0.147. The molecule has 2 aliphatic carbocycles. The number of hydrogen-bond donors (Lipinski definition) is 1. The number of rotatable bonds is 3. The van der Waals surface area contributed by atoms with Crippen LogP contribution < -0.4 is 0 Å². The van der Waals surface area contributed by atoms with Gasteiger partial charge in [-0.2, -0.15) is 0 Å². The number of benzene rings is 1. The van der Waals surface area contributed by atoms with Crippen molar-refractivity contribution in [2.45, 2.75) is 43.9 Å². The summed E-state index contributed by atoms with van der Waals surface area (Å²) in [5, 5.41) is 9.10. The van der Waals surface area contributed by atoms with Gasteiger partial charge in [-0.05, 0) is 48.6 Å². The van der Waals surface area contributed by atoms with Gasteiger partial charge in [0.2, 0.25) is 0 Å². The molecule has 0 heterocycles. The van der Waals surface area contributed by atoms with E-state index in [4.69, 9.17) is 5.11 Å². The monoisotopic (exact) mass is 230 g/mol. The van der Waals surface area contributed by atoms with E-state index in [0.717, 1.165) is 18.8 Å². The molecule has 2 aliphatic rings. The highest BCUT2D eigenvalue weighted by Crippen LogP contribution is 2.44. The molecule has 0 bridgehead atoms. The van der Waals surface area contributed by atoms with Crippen LogP contribution in [0.2, 0.25) is 0 Å². The van der Waals surface area contributed by atoms with Gasteiger partial charge < -0.3 is 5.11 Å². The van der Waals surface area contributed by atoms with Crippen molar-refractivity contribution in [3.05, 3.63) is 35.4 Å². The van der Waals surface area contributed by atoms with Crippen LogP contribution in [0.4, 0.5) is 0 Å². The second-order valence-electron chi connectivity index (χ2n) is 5.43. The Morgan fingerprint density at radius 1 is 1.12 bits per heavy atom. The standard InChI is InChI=1S/C15H18O2/c16-15(17)14-8-7-13(14)12-6-2-5-11(9-12)10-3-1-4-10/h2,5-6,9-10,13-14H,1,3-4,7-8H2,(H,16,17). The number of carboxylic acids is 1. The molecule has 1 N–H and O–H groups in total. The van der Waals surface area contributed by atoms with Crippen molar-refractivity contribution < 1.29 is 9.90 Å². The summed E-state index contributed by atoms with van der Waals surface area (Å²) in [6, 6.07) is 8.65. The first kappa shape index (κ1) is 10.8. The number of carbonyl (C=O) groups is 1. The molecule has 0 aromatic heterocycles. The number of aliphatic carboxylic acids is 1. The molecule has 0 amide bonds. The van der Waals surface area contributed by atoms with Gasteiger partial charge in [0, 0.05) is 0 Å². The van der Waals surface area contributed by atoms with E-state index in [0.29, 0.717) is 0 Å². The molecule has 0 aliphatic heterocycles. The molecule has 0 saturated heterocycles. The highest BCUT2D eigenvalue weighted by Gasteiger charge is 2.37. The van der Waals surface area contributed by atoms with Gasteiger partial charge in [0.25, 0.3) is 0 Å². The van der Waals surface area contributed by atoms with Crippen LogP contribution in [-0.4, -0.2) is 11.1 Å². The zero-order chi connectivity index (χ0) is 11.8. The minimum Gasteiger partial charge on any atom is -0.481 e. The Morgan fingerprint density at radius 2 is 1.88 bits per heavy atom. The Hall–Kier alpha value is -1.31. The van der Waals surface area contributed by atoms with E-state index in [2.05, 4.69) is 24.3 Å². The van der Waals surface area contributed by atoms with Crippen LogP contribution in [0.25, 0.3) is 0 Å². The van der Waals surface area contributed by atoms with Gasteiger partial charge >= 0.3 is 5.97 Å². The first-order valence-corrected chi connectivity index (χ1v) is 6.58. The van der Waals surface area contributed by atoms with E-state index < -0.39 is 5.97 Å². The lowest BCUT2D eigenvalue weighted by molar-refractivity contribution is -0.145. The summed E-state index contributed by atoms with van der Waals surface area (Å²) >= 11 is 0. The summed E-state index contributed by atoms with van der Waals surface area (Å²) in [4.78, 5) is 11.1. The van der Waals surface area contributed by atoms with E-state index in [9.17, 15) is 4.79 Å². The molecule has 1 aromatic rings. The van der Waals surface area contributed by atoms with Crippen molar-refractivity contribution in [3.8, 4) is 0 Å². The molecule has 90 valence electrons. The summed E-state index contributed by atoms with van der Waals surface area (Å²) < 4.78 is 0. The molecular formula is C15H18O2. The fourth-order valence-electron chi connectivity index (χ4n) is 2.98. The first-order valence-electron chi connectivity index (χ1n) is 6.58. The van der Waals surface area contributed by atoms with Crippen molar-refractivity contribution in [3.63, 3.8) is 0 Å². The molecule has 2 fully saturated rings. The van der Waals surface area contributed by atoms with Crippen LogP contribution >= 0.6 is 0 Å². The van der Waals surface area contributed by atoms with Crippen LogP contribution in [0.15, 0.2) is 24.3 Å². The second-order valence-corrected chi connectivity index (χ2v) is 5.43.